The van der Waals surface area contributed by atoms with Crippen molar-refractivity contribution in [3.05, 3.63) is 35.4 Å². The Kier molecular flexibility index (Phi) is 6.63. The van der Waals surface area contributed by atoms with Crippen LogP contribution in [0.1, 0.15) is 56.6 Å². The lowest BCUT2D eigenvalue weighted by atomic mass is 9.88. The van der Waals surface area contributed by atoms with Gasteiger partial charge < -0.3 is 5.32 Å². The quantitative estimate of drug-likeness (QED) is 0.763. The van der Waals surface area contributed by atoms with E-state index in [0.717, 1.165) is 0 Å². The summed E-state index contributed by atoms with van der Waals surface area (Å²) in [6.07, 6.45) is 11.8. The van der Waals surface area contributed by atoms with Crippen molar-refractivity contribution in [3.63, 3.8) is 0 Å². The molecule has 1 N–H and O–H groups in total. The molecule has 1 atom stereocenters. The molecule has 1 fully saturated rings. The standard InChI is InChI=1S/C19H31NS/c1-16-8-7-9-18(14-16)11-10-17(2)20-15-19(21-3)12-5-4-6-13-19/h7-9,14,17,20H,4-6,10-13,15H2,1-3H3. The number of aryl methyl sites for hydroxylation is 2. The fourth-order valence-electron chi connectivity index (χ4n) is 3.36. The summed E-state index contributed by atoms with van der Waals surface area (Å²) in [5, 5.41) is 3.81. The van der Waals surface area contributed by atoms with E-state index in [1.54, 1.807) is 0 Å². The molecule has 118 valence electrons. The van der Waals surface area contributed by atoms with Crippen LogP contribution in [0.4, 0.5) is 0 Å². The molecular weight excluding hydrogens is 274 g/mol. The molecule has 0 saturated heterocycles. The molecule has 0 amide bonds. The van der Waals surface area contributed by atoms with Crippen LogP contribution in [0, 0.1) is 6.92 Å². The predicted molar refractivity (Wildman–Crippen MR) is 96.3 cm³/mol. The first kappa shape index (κ1) is 16.9. The van der Waals surface area contributed by atoms with Gasteiger partial charge in [-0.15, -0.1) is 0 Å². The molecule has 0 radical (unpaired) electrons. The molecule has 0 heterocycles. The summed E-state index contributed by atoms with van der Waals surface area (Å²) in [6, 6.07) is 9.53. The maximum Gasteiger partial charge on any atom is 0.0281 e. The van der Waals surface area contributed by atoms with E-state index in [2.05, 4.69) is 61.4 Å². The first-order valence-corrected chi connectivity index (χ1v) is 9.70. The van der Waals surface area contributed by atoms with E-state index in [1.807, 2.05) is 0 Å². The summed E-state index contributed by atoms with van der Waals surface area (Å²) >= 11 is 2.09. The lowest BCUT2D eigenvalue weighted by Crippen LogP contribution is -2.42. The molecule has 1 aromatic rings. The zero-order chi connectivity index (χ0) is 15.1. The van der Waals surface area contributed by atoms with Crippen molar-refractivity contribution >= 4 is 11.8 Å². The molecule has 1 nitrogen and oxygen atoms in total. The first-order chi connectivity index (χ1) is 10.1. The Morgan fingerprint density at radius 3 is 2.67 bits per heavy atom. The molecule has 0 spiro atoms. The highest BCUT2D eigenvalue weighted by Crippen LogP contribution is 2.38. The number of hydrogen-bond acceptors (Lipinski definition) is 2. The average molecular weight is 306 g/mol. The second kappa shape index (κ2) is 8.24. The molecule has 0 aliphatic heterocycles. The highest BCUT2D eigenvalue weighted by atomic mass is 32.2. The van der Waals surface area contributed by atoms with Gasteiger partial charge in [-0.1, -0.05) is 49.1 Å². The average Bonchev–Trinajstić information content (AvgIpc) is 2.52. The van der Waals surface area contributed by atoms with Gasteiger partial charge in [-0.05, 0) is 51.3 Å². The topological polar surface area (TPSA) is 12.0 Å². The van der Waals surface area contributed by atoms with E-state index in [1.165, 1.54) is 62.6 Å². The molecule has 21 heavy (non-hydrogen) atoms. The number of rotatable bonds is 7. The molecule has 1 unspecified atom stereocenters. The summed E-state index contributed by atoms with van der Waals surface area (Å²) in [7, 11) is 0. The van der Waals surface area contributed by atoms with Crippen LogP contribution in [0.15, 0.2) is 24.3 Å². The van der Waals surface area contributed by atoms with Gasteiger partial charge in [0.1, 0.15) is 0 Å². The summed E-state index contributed by atoms with van der Waals surface area (Å²) in [5.74, 6) is 0. The summed E-state index contributed by atoms with van der Waals surface area (Å²) in [6.45, 7) is 5.70. The Bertz CT molecular complexity index is 423. The maximum atomic E-state index is 3.81. The third kappa shape index (κ3) is 5.34. The van der Waals surface area contributed by atoms with Gasteiger partial charge in [0.2, 0.25) is 0 Å². The lowest BCUT2D eigenvalue weighted by Gasteiger charge is -2.37. The summed E-state index contributed by atoms with van der Waals surface area (Å²) in [5.41, 5.74) is 2.84. The highest BCUT2D eigenvalue weighted by molar-refractivity contribution is 8.00. The van der Waals surface area contributed by atoms with Crippen LogP contribution < -0.4 is 5.32 Å². The van der Waals surface area contributed by atoms with Crippen LogP contribution in [0.2, 0.25) is 0 Å². The van der Waals surface area contributed by atoms with Crippen LogP contribution in [-0.2, 0) is 6.42 Å². The smallest absolute Gasteiger partial charge is 0.0281 e. The highest BCUT2D eigenvalue weighted by Gasteiger charge is 2.30. The molecule has 1 aromatic carbocycles. The fourth-order valence-corrected chi connectivity index (χ4v) is 4.29. The molecule has 0 bridgehead atoms. The van der Waals surface area contributed by atoms with Gasteiger partial charge in [-0.2, -0.15) is 11.8 Å². The second-order valence-corrected chi connectivity index (χ2v) is 8.03. The minimum atomic E-state index is 0.510. The minimum absolute atomic E-state index is 0.510. The molecule has 2 rings (SSSR count). The zero-order valence-corrected chi connectivity index (χ0v) is 14.8. The van der Waals surface area contributed by atoms with Gasteiger partial charge in [-0.25, -0.2) is 0 Å². The van der Waals surface area contributed by atoms with Crippen molar-refractivity contribution in [2.75, 3.05) is 12.8 Å². The van der Waals surface area contributed by atoms with Gasteiger partial charge in [0.15, 0.2) is 0 Å². The van der Waals surface area contributed by atoms with E-state index < -0.39 is 0 Å². The maximum absolute atomic E-state index is 3.81. The van der Waals surface area contributed by atoms with Crippen LogP contribution in [0.5, 0.6) is 0 Å². The number of hydrogen-bond donors (Lipinski definition) is 1. The monoisotopic (exact) mass is 305 g/mol. The van der Waals surface area contributed by atoms with E-state index >= 15 is 0 Å². The van der Waals surface area contributed by atoms with E-state index in [9.17, 15) is 0 Å². The third-order valence-corrected chi connectivity index (χ3v) is 6.34. The van der Waals surface area contributed by atoms with Crippen molar-refractivity contribution in [1.82, 2.24) is 5.32 Å². The van der Waals surface area contributed by atoms with Gasteiger partial charge in [-0.3, -0.25) is 0 Å². The van der Waals surface area contributed by atoms with Crippen LogP contribution in [0.3, 0.4) is 0 Å². The minimum Gasteiger partial charge on any atom is -0.313 e. The normalized spacial score (nSPS) is 19.4. The van der Waals surface area contributed by atoms with Gasteiger partial charge in [0, 0.05) is 17.3 Å². The summed E-state index contributed by atoms with van der Waals surface area (Å²) < 4.78 is 0.510. The molecule has 0 aromatic heterocycles. The van der Waals surface area contributed by atoms with E-state index in [4.69, 9.17) is 0 Å². The molecule has 1 aliphatic rings. The van der Waals surface area contributed by atoms with Crippen molar-refractivity contribution in [2.24, 2.45) is 0 Å². The Labute approximate surface area is 135 Å². The van der Waals surface area contributed by atoms with Gasteiger partial charge in [0.05, 0.1) is 0 Å². The van der Waals surface area contributed by atoms with Crippen molar-refractivity contribution in [2.45, 2.75) is 69.6 Å². The molecular formula is C19H31NS. The van der Waals surface area contributed by atoms with Crippen LogP contribution in [0.25, 0.3) is 0 Å². The molecule has 1 aliphatic carbocycles. The van der Waals surface area contributed by atoms with E-state index in [-0.39, 0.29) is 0 Å². The van der Waals surface area contributed by atoms with Crippen LogP contribution >= 0.6 is 11.8 Å². The zero-order valence-electron chi connectivity index (χ0n) is 14.0. The van der Waals surface area contributed by atoms with E-state index in [0.29, 0.717) is 10.8 Å². The Morgan fingerprint density at radius 2 is 2.00 bits per heavy atom. The van der Waals surface area contributed by atoms with Gasteiger partial charge in [0.25, 0.3) is 0 Å². The molecule has 1 saturated carbocycles. The fraction of sp³-hybridized carbons (Fsp3) is 0.684. The number of benzene rings is 1. The van der Waals surface area contributed by atoms with Crippen molar-refractivity contribution in [1.29, 1.82) is 0 Å². The van der Waals surface area contributed by atoms with Crippen molar-refractivity contribution in [3.8, 4) is 0 Å². The lowest BCUT2D eigenvalue weighted by molar-refractivity contribution is 0.361. The first-order valence-electron chi connectivity index (χ1n) is 8.48. The van der Waals surface area contributed by atoms with Crippen molar-refractivity contribution < 1.29 is 0 Å². The largest absolute Gasteiger partial charge is 0.313 e. The Hall–Kier alpha value is -0.470. The second-order valence-electron chi connectivity index (χ2n) is 6.76. The Morgan fingerprint density at radius 1 is 1.24 bits per heavy atom. The number of thioether (sulfide) groups is 1. The Balaban J connectivity index is 1.75. The van der Waals surface area contributed by atoms with Crippen LogP contribution in [-0.4, -0.2) is 23.6 Å². The number of nitrogens with one attached hydrogen (secondary N) is 1. The SMILES string of the molecule is CSC1(CNC(C)CCc2cccc(C)c2)CCCCC1. The van der Waals surface area contributed by atoms with Gasteiger partial charge >= 0.3 is 0 Å². The molecule has 2 heteroatoms. The summed E-state index contributed by atoms with van der Waals surface area (Å²) in [4.78, 5) is 0. The predicted octanol–water partition coefficient (Wildman–Crippen LogP) is 4.97. The third-order valence-electron chi connectivity index (χ3n) is 4.92.